The summed E-state index contributed by atoms with van der Waals surface area (Å²) in [5.74, 6) is 0.0450. The smallest absolute Gasteiger partial charge is 0.306 e. The van der Waals surface area contributed by atoms with Crippen molar-refractivity contribution in [2.24, 2.45) is 0 Å². The Labute approximate surface area is 169 Å². The maximum Gasteiger partial charge on any atom is 0.306 e. The van der Waals surface area contributed by atoms with E-state index >= 15 is 0 Å². The molecule has 0 fully saturated rings. The van der Waals surface area contributed by atoms with Crippen molar-refractivity contribution in [2.45, 2.75) is 25.7 Å². The number of fused-ring (bicyclic) bond motifs is 1. The van der Waals surface area contributed by atoms with E-state index in [2.05, 4.69) is 5.32 Å². The molecule has 7 heteroatoms. The fourth-order valence-electron chi connectivity index (χ4n) is 3.17. The second-order valence-corrected chi connectivity index (χ2v) is 6.79. The van der Waals surface area contributed by atoms with Crippen LogP contribution in [-0.4, -0.2) is 38.5 Å². The normalized spacial score (nSPS) is 14.7. The van der Waals surface area contributed by atoms with Gasteiger partial charge in [-0.15, -0.1) is 0 Å². The lowest BCUT2D eigenvalue weighted by Gasteiger charge is -2.10. The second-order valence-electron chi connectivity index (χ2n) is 6.79. The van der Waals surface area contributed by atoms with Crippen LogP contribution in [0.2, 0.25) is 0 Å². The average Bonchev–Trinajstić information content (AvgIpc) is 3.03. The Kier molecular flexibility index (Phi) is 6.16. The Balaban J connectivity index is 1.52. The number of carbonyl (C=O) groups excluding carboxylic acids is 3. The average molecular weight is 397 g/mol. The minimum absolute atomic E-state index is 0.0915. The molecular formula is C22H23NO6. The molecule has 0 spiro atoms. The molecule has 0 radical (unpaired) electrons. The van der Waals surface area contributed by atoms with Crippen LogP contribution < -0.4 is 14.8 Å². The number of nitrogens with one attached hydrogen (secondary N) is 1. The van der Waals surface area contributed by atoms with Gasteiger partial charge in [-0.05, 0) is 54.8 Å². The van der Waals surface area contributed by atoms with Gasteiger partial charge in [0.15, 0.2) is 23.9 Å². The highest BCUT2D eigenvalue weighted by Gasteiger charge is 2.27. The quantitative estimate of drug-likeness (QED) is 0.544. The van der Waals surface area contributed by atoms with Gasteiger partial charge in [0.2, 0.25) is 5.91 Å². The molecule has 0 saturated heterocycles. The molecule has 1 aliphatic rings. The van der Waals surface area contributed by atoms with Crippen molar-refractivity contribution in [3.63, 3.8) is 0 Å². The molecule has 1 aliphatic heterocycles. The summed E-state index contributed by atoms with van der Waals surface area (Å²) in [5.41, 5.74) is 2.81. The highest BCUT2D eigenvalue weighted by molar-refractivity contribution is 6.05. The summed E-state index contributed by atoms with van der Waals surface area (Å²) < 4.78 is 15.6. The predicted octanol–water partition coefficient (Wildman–Crippen LogP) is 3.12. The molecule has 0 unspecified atom stereocenters. The van der Waals surface area contributed by atoms with Gasteiger partial charge in [0.05, 0.1) is 20.1 Å². The maximum absolute atomic E-state index is 12.4. The van der Waals surface area contributed by atoms with E-state index in [1.165, 1.54) is 0 Å². The first-order chi connectivity index (χ1) is 13.9. The van der Waals surface area contributed by atoms with Crippen molar-refractivity contribution in [2.75, 3.05) is 26.1 Å². The molecular weight excluding hydrogens is 374 g/mol. The number of Topliss-reactive ketones (excluding diaryl/α,β-unsaturated/α-hetero) is 1. The summed E-state index contributed by atoms with van der Waals surface area (Å²) in [5, 5.41) is 2.76. The predicted molar refractivity (Wildman–Crippen MR) is 107 cm³/mol. The van der Waals surface area contributed by atoms with Gasteiger partial charge in [-0.2, -0.15) is 0 Å². The SMILES string of the molecule is COc1ccc(CCC(=O)OCC(=O)c2ccc3c(c2)[C@H](C)C(=O)N3)cc1OC. The Morgan fingerprint density at radius 1 is 1.03 bits per heavy atom. The zero-order valence-electron chi connectivity index (χ0n) is 16.6. The van der Waals surface area contributed by atoms with Crippen molar-refractivity contribution in [3.05, 3.63) is 53.1 Å². The van der Waals surface area contributed by atoms with Crippen LogP contribution in [0.3, 0.4) is 0 Å². The van der Waals surface area contributed by atoms with Gasteiger partial charge in [-0.25, -0.2) is 0 Å². The van der Waals surface area contributed by atoms with E-state index in [1.54, 1.807) is 51.5 Å². The molecule has 0 bridgehead atoms. The van der Waals surface area contributed by atoms with Gasteiger partial charge in [-0.1, -0.05) is 6.07 Å². The molecule has 29 heavy (non-hydrogen) atoms. The number of amides is 1. The van der Waals surface area contributed by atoms with Crippen LogP contribution in [-0.2, 0) is 20.7 Å². The molecule has 1 heterocycles. The van der Waals surface area contributed by atoms with Crippen LogP contribution in [0.25, 0.3) is 0 Å². The Morgan fingerprint density at radius 3 is 2.52 bits per heavy atom. The third kappa shape index (κ3) is 4.56. The minimum Gasteiger partial charge on any atom is -0.493 e. The van der Waals surface area contributed by atoms with E-state index in [0.29, 0.717) is 29.2 Å². The number of benzene rings is 2. The highest BCUT2D eigenvalue weighted by Crippen LogP contribution is 2.32. The zero-order valence-corrected chi connectivity index (χ0v) is 16.6. The molecule has 0 saturated carbocycles. The monoisotopic (exact) mass is 397 g/mol. The molecule has 2 aromatic rings. The van der Waals surface area contributed by atoms with Crippen molar-refractivity contribution in [1.82, 2.24) is 0 Å². The van der Waals surface area contributed by atoms with Crippen molar-refractivity contribution >= 4 is 23.3 Å². The van der Waals surface area contributed by atoms with Crippen LogP contribution in [0.15, 0.2) is 36.4 Å². The number of ketones is 1. The van der Waals surface area contributed by atoms with Crippen LogP contribution >= 0.6 is 0 Å². The van der Waals surface area contributed by atoms with Gasteiger partial charge in [0.25, 0.3) is 0 Å². The fraction of sp³-hybridized carbons (Fsp3) is 0.318. The summed E-state index contributed by atoms with van der Waals surface area (Å²) in [6.45, 7) is 1.45. The van der Waals surface area contributed by atoms with Gasteiger partial charge >= 0.3 is 5.97 Å². The van der Waals surface area contributed by atoms with E-state index < -0.39 is 5.97 Å². The molecule has 1 atom stereocenters. The molecule has 1 amide bonds. The number of methoxy groups -OCH3 is 2. The summed E-state index contributed by atoms with van der Waals surface area (Å²) >= 11 is 0. The summed E-state index contributed by atoms with van der Waals surface area (Å²) in [4.78, 5) is 36.1. The Morgan fingerprint density at radius 2 is 1.79 bits per heavy atom. The molecule has 0 aromatic heterocycles. The van der Waals surface area contributed by atoms with Gasteiger partial charge in [-0.3, -0.25) is 14.4 Å². The number of anilines is 1. The third-order valence-electron chi connectivity index (χ3n) is 4.92. The molecule has 152 valence electrons. The van der Waals surface area contributed by atoms with Crippen LogP contribution in [0.5, 0.6) is 11.5 Å². The lowest BCUT2D eigenvalue weighted by atomic mass is 9.99. The van der Waals surface area contributed by atoms with E-state index in [-0.39, 0.29) is 30.6 Å². The van der Waals surface area contributed by atoms with E-state index in [9.17, 15) is 14.4 Å². The number of carbonyl (C=O) groups is 3. The summed E-state index contributed by atoms with van der Waals surface area (Å²) in [6.07, 6.45) is 0.597. The molecule has 3 rings (SSSR count). The Hall–Kier alpha value is -3.35. The first-order valence-corrected chi connectivity index (χ1v) is 9.27. The van der Waals surface area contributed by atoms with Gasteiger partial charge in [0, 0.05) is 17.7 Å². The van der Waals surface area contributed by atoms with Crippen molar-refractivity contribution < 1.29 is 28.6 Å². The van der Waals surface area contributed by atoms with Crippen LogP contribution in [0.4, 0.5) is 5.69 Å². The second kappa shape index (κ2) is 8.77. The largest absolute Gasteiger partial charge is 0.493 e. The van der Waals surface area contributed by atoms with Crippen molar-refractivity contribution in [3.8, 4) is 11.5 Å². The number of ether oxygens (including phenoxy) is 3. The van der Waals surface area contributed by atoms with Crippen molar-refractivity contribution in [1.29, 1.82) is 0 Å². The third-order valence-corrected chi connectivity index (χ3v) is 4.92. The number of aryl methyl sites for hydroxylation is 1. The van der Waals surface area contributed by atoms with Crippen LogP contribution in [0.1, 0.15) is 40.7 Å². The molecule has 7 nitrogen and oxygen atoms in total. The Bertz CT molecular complexity index is 952. The maximum atomic E-state index is 12.4. The highest BCUT2D eigenvalue weighted by atomic mass is 16.5. The number of esters is 1. The van der Waals surface area contributed by atoms with E-state index in [1.807, 2.05) is 6.07 Å². The first-order valence-electron chi connectivity index (χ1n) is 9.27. The molecule has 1 N–H and O–H groups in total. The van der Waals surface area contributed by atoms with Crippen LogP contribution in [0, 0.1) is 0 Å². The number of hydrogen-bond donors (Lipinski definition) is 1. The zero-order chi connectivity index (χ0) is 21.0. The summed E-state index contributed by atoms with van der Waals surface area (Å²) in [7, 11) is 3.11. The lowest BCUT2D eigenvalue weighted by Crippen LogP contribution is -2.14. The topological polar surface area (TPSA) is 90.9 Å². The minimum atomic E-state index is -0.459. The van der Waals surface area contributed by atoms with E-state index in [0.717, 1.165) is 11.1 Å². The molecule has 0 aliphatic carbocycles. The standard InChI is InChI=1S/C22H23NO6/c1-13-16-11-15(6-7-17(16)23-22(13)26)18(24)12-29-21(25)9-5-14-4-8-19(27-2)20(10-14)28-3/h4,6-8,10-11,13H,5,9,12H2,1-3H3,(H,23,26)/t13-/m0/s1. The fourth-order valence-corrected chi connectivity index (χ4v) is 3.17. The lowest BCUT2D eigenvalue weighted by molar-refractivity contribution is -0.142. The number of rotatable bonds is 8. The van der Waals surface area contributed by atoms with E-state index in [4.69, 9.17) is 14.2 Å². The first kappa shape index (κ1) is 20.4. The van der Waals surface area contributed by atoms with Gasteiger partial charge < -0.3 is 19.5 Å². The number of hydrogen-bond acceptors (Lipinski definition) is 6. The molecule has 2 aromatic carbocycles. The summed E-state index contributed by atoms with van der Waals surface area (Å²) in [6, 6.07) is 10.4. The van der Waals surface area contributed by atoms with Gasteiger partial charge in [0.1, 0.15) is 0 Å².